The van der Waals surface area contributed by atoms with Gasteiger partial charge in [-0.1, -0.05) is 18.2 Å². The van der Waals surface area contributed by atoms with Gasteiger partial charge < -0.3 is 14.8 Å². The summed E-state index contributed by atoms with van der Waals surface area (Å²) in [5, 5.41) is 3.25. The van der Waals surface area contributed by atoms with E-state index in [2.05, 4.69) is 28.4 Å². The van der Waals surface area contributed by atoms with Crippen LogP contribution < -0.4 is 10.1 Å². The van der Waals surface area contributed by atoms with Crippen LogP contribution in [0.2, 0.25) is 0 Å². The van der Waals surface area contributed by atoms with Gasteiger partial charge in [0.25, 0.3) is 0 Å². The van der Waals surface area contributed by atoms with Crippen molar-refractivity contribution in [3.8, 4) is 5.75 Å². The molecule has 1 aromatic rings. The number of benzene rings is 1. The number of rotatable bonds is 4. The molecule has 2 heterocycles. The molecule has 2 unspecified atom stereocenters. The third kappa shape index (κ3) is 2.91. The van der Waals surface area contributed by atoms with Gasteiger partial charge in [-0.3, -0.25) is 4.90 Å². The average molecular weight is 262 g/mol. The van der Waals surface area contributed by atoms with Crippen molar-refractivity contribution in [3.63, 3.8) is 0 Å². The van der Waals surface area contributed by atoms with Gasteiger partial charge in [-0.25, -0.2) is 0 Å². The Hall–Kier alpha value is -1.10. The molecule has 0 aliphatic carbocycles. The molecule has 0 saturated carbocycles. The zero-order chi connectivity index (χ0) is 13.1. The lowest BCUT2D eigenvalue weighted by atomic mass is 10.1. The lowest BCUT2D eigenvalue weighted by molar-refractivity contribution is -0.0193. The van der Waals surface area contributed by atoms with Crippen LogP contribution in [0.15, 0.2) is 24.3 Å². The van der Waals surface area contributed by atoms with Crippen molar-refractivity contribution in [1.82, 2.24) is 10.2 Å². The fourth-order valence-corrected chi connectivity index (χ4v) is 2.97. The van der Waals surface area contributed by atoms with Gasteiger partial charge in [-0.15, -0.1) is 0 Å². The number of ether oxygens (including phenoxy) is 2. The molecule has 19 heavy (non-hydrogen) atoms. The van der Waals surface area contributed by atoms with Gasteiger partial charge in [0.1, 0.15) is 11.9 Å². The molecular formula is C15H22N2O2. The molecule has 4 nitrogen and oxygen atoms in total. The van der Waals surface area contributed by atoms with Crippen LogP contribution in [0.3, 0.4) is 0 Å². The molecule has 3 rings (SSSR count). The Labute approximate surface area is 114 Å². The summed E-state index contributed by atoms with van der Waals surface area (Å²) in [5.41, 5.74) is 1.34. The van der Waals surface area contributed by atoms with E-state index in [1.54, 1.807) is 0 Å². The topological polar surface area (TPSA) is 33.7 Å². The van der Waals surface area contributed by atoms with Crippen molar-refractivity contribution in [2.75, 3.05) is 39.9 Å². The minimum atomic E-state index is 0.287. The Balaban J connectivity index is 1.60. The molecular weight excluding hydrogens is 240 g/mol. The van der Waals surface area contributed by atoms with E-state index in [0.29, 0.717) is 6.04 Å². The number of morpholine rings is 1. The van der Waals surface area contributed by atoms with Crippen molar-refractivity contribution < 1.29 is 9.47 Å². The molecule has 104 valence electrons. The third-order valence-electron chi connectivity index (χ3n) is 3.94. The van der Waals surface area contributed by atoms with Crippen molar-refractivity contribution in [2.24, 2.45) is 0 Å². The Kier molecular flexibility index (Phi) is 4.01. The molecule has 1 fully saturated rings. The van der Waals surface area contributed by atoms with Gasteiger partial charge in [0.15, 0.2) is 0 Å². The highest BCUT2D eigenvalue weighted by atomic mass is 16.5. The maximum atomic E-state index is 6.03. The summed E-state index contributed by atoms with van der Waals surface area (Å²) in [4.78, 5) is 2.50. The summed E-state index contributed by atoms with van der Waals surface area (Å²) in [5.74, 6) is 1.06. The number of nitrogens with one attached hydrogen (secondary N) is 1. The number of nitrogens with zero attached hydrogens (tertiary/aromatic N) is 1. The molecule has 0 amide bonds. The Morgan fingerprint density at radius 1 is 1.37 bits per heavy atom. The first-order valence-electron chi connectivity index (χ1n) is 7.08. The lowest BCUT2D eigenvalue weighted by Crippen LogP contribution is -2.52. The fraction of sp³-hybridized carbons (Fsp3) is 0.600. The lowest BCUT2D eigenvalue weighted by Gasteiger charge is -2.36. The smallest absolute Gasteiger partial charge is 0.123 e. The van der Waals surface area contributed by atoms with E-state index in [4.69, 9.17) is 9.47 Å². The molecule has 0 spiro atoms. The molecule has 0 radical (unpaired) electrons. The van der Waals surface area contributed by atoms with Gasteiger partial charge in [-0.05, 0) is 18.7 Å². The van der Waals surface area contributed by atoms with Crippen LogP contribution in [0, 0.1) is 0 Å². The SMILES string of the molecule is CNCC1COCCN1CC1Cc2ccccc2O1. The maximum absolute atomic E-state index is 6.03. The first-order chi connectivity index (χ1) is 9.36. The summed E-state index contributed by atoms with van der Waals surface area (Å²) in [7, 11) is 1.99. The Morgan fingerprint density at radius 3 is 3.11 bits per heavy atom. The van der Waals surface area contributed by atoms with Crippen LogP contribution in [0.4, 0.5) is 0 Å². The van der Waals surface area contributed by atoms with E-state index in [0.717, 1.165) is 45.0 Å². The highest BCUT2D eigenvalue weighted by Crippen LogP contribution is 2.28. The Morgan fingerprint density at radius 2 is 2.26 bits per heavy atom. The number of hydrogen-bond donors (Lipinski definition) is 1. The molecule has 0 bridgehead atoms. The molecule has 1 aromatic carbocycles. The third-order valence-corrected chi connectivity index (χ3v) is 3.94. The zero-order valence-corrected chi connectivity index (χ0v) is 11.5. The highest BCUT2D eigenvalue weighted by Gasteiger charge is 2.29. The highest BCUT2D eigenvalue weighted by molar-refractivity contribution is 5.37. The quantitative estimate of drug-likeness (QED) is 0.874. The number of para-hydroxylation sites is 1. The first-order valence-corrected chi connectivity index (χ1v) is 7.08. The van der Waals surface area contributed by atoms with Crippen molar-refractivity contribution in [1.29, 1.82) is 0 Å². The molecule has 4 heteroatoms. The Bertz CT molecular complexity index is 397. The van der Waals surface area contributed by atoms with Crippen molar-refractivity contribution in [2.45, 2.75) is 18.6 Å². The van der Waals surface area contributed by atoms with Gasteiger partial charge >= 0.3 is 0 Å². The van der Waals surface area contributed by atoms with Crippen LogP contribution in [0.25, 0.3) is 0 Å². The monoisotopic (exact) mass is 262 g/mol. The summed E-state index contributed by atoms with van der Waals surface area (Å²) >= 11 is 0. The standard InChI is InChI=1S/C15H22N2O2/c1-16-9-13-11-18-7-6-17(13)10-14-8-12-4-2-3-5-15(12)19-14/h2-5,13-14,16H,6-11H2,1H3. The minimum Gasteiger partial charge on any atom is -0.488 e. The second kappa shape index (κ2) is 5.90. The van der Waals surface area contributed by atoms with Gasteiger partial charge in [0.2, 0.25) is 0 Å². The predicted octanol–water partition coefficient (Wildman–Crippen LogP) is 0.910. The van der Waals surface area contributed by atoms with Gasteiger partial charge in [0.05, 0.1) is 13.2 Å². The number of likely N-dealkylation sites (N-methyl/N-ethyl adjacent to an activating group) is 1. The molecule has 2 aliphatic rings. The maximum Gasteiger partial charge on any atom is 0.123 e. The van der Waals surface area contributed by atoms with E-state index in [1.807, 2.05) is 13.1 Å². The first kappa shape index (κ1) is 12.9. The fourth-order valence-electron chi connectivity index (χ4n) is 2.97. The normalized spacial score (nSPS) is 27.0. The second-order valence-electron chi connectivity index (χ2n) is 5.33. The number of hydrogen-bond acceptors (Lipinski definition) is 4. The molecule has 2 atom stereocenters. The van der Waals surface area contributed by atoms with E-state index in [9.17, 15) is 0 Å². The summed E-state index contributed by atoms with van der Waals surface area (Å²) < 4.78 is 11.6. The zero-order valence-electron chi connectivity index (χ0n) is 11.5. The largest absolute Gasteiger partial charge is 0.488 e. The summed E-state index contributed by atoms with van der Waals surface area (Å²) in [6.45, 7) is 4.62. The van der Waals surface area contributed by atoms with Crippen LogP contribution in [-0.2, 0) is 11.2 Å². The molecule has 1 N–H and O–H groups in total. The molecule has 0 aromatic heterocycles. The van der Waals surface area contributed by atoms with E-state index in [1.165, 1.54) is 5.56 Å². The van der Waals surface area contributed by atoms with Crippen molar-refractivity contribution >= 4 is 0 Å². The van der Waals surface area contributed by atoms with Crippen LogP contribution in [0.1, 0.15) is 5.56 Å². The average Bonchev–Trinajstić information content (AvgIpc) is 2.83. The van der Waals surface area contributed by atoms with Gasteiger partial charge in [0, 0.05) is 32.1 Å². The minimum absolute atomic E-state index is 0.287. The molecule has 2 aliphatic heterocycles. The second-order valence-corrected chi connectivity index (χ2v) is 5.33. The van der Waals surface area contributed by atoms with E-state index >= 15 is 0 Å². The van der Waals surface area contributed by atoms with E-state index < -0.39 is 0 Å². The van der Waals surface area contributed by atoms with Crippen LogP contribution >= 0.6 is 0 Å². The van der Waals surface area contributed by atoms with Crippen molar-refractivity contribution in [3.05, 3.63) is 29.8 Å². The van der Waals surface area contributed by atoms with Crippen LogP contribution in [-0.4, -0.2) is 56.9 Å². The number of fused-ring (bicyclic) bond motifs is 1. The summed E-state index contributed by atoms with van der Waals surface area (Å²) in [6.07, 6.45) is 1.31. The van der Waals surface area contributed by atoms with Gasteiger partial charge in [-0.2, -0.15) is 0 Å². The predicted molar refractivity (Wildman–Crippen MR) is 74.7 cm³/mol. The summed E-state index contributed by atoms with van der Waals surface area (Å²) in [6, 6.07) is 8.83. The molecule has 1 saturated heterocycles. The van der Waals surface area contributed by atoms with E-state index in [-0.39, 0.29) is 6.10 Å². The van der Waals surface area contributed by atoms with Crippen LogP contribution in [0.5, 0.6) is 5.75 Å².